The summed E-state index contributed by atoms with van der Waals surface area (Å²) in [6.45, 7) is 14.7. The van der Waals surface area contributed by atoms with Crippen molar-refractivity contribution >= 4 is 70.3 Å². The normalized spacial score (nSPS) is 15.9. The first-order chi connectivity index (χ1) is 33.9. The molecular weight excluding hydrogens is 943 g/mol. The van der Waals surface area contributed by atoms with Gasteiger partial charge in [0.05, 0.1) is 0 Å². The second kappa shape index (κ2) is 27.5. The van der Waals surface area contributed by atoms with Crippen LogP contribution in [0.15, 0.2) is 60.8 Å². The van der Waals surface area contributed by atoms with Crippen LogP contribution in [-0.2, 0) is 51.1 Å². The Labute approximate surface area is 427 Å². The van der Waals surface area contributed by atoms with Gasteiger partial charge in [0.2, 0.25) is 35.4 Å². The molecule has 0 bridgehead atoms. The minimum atomic E-state index is -1.29. The SMILES string of the molecule is CSCC[C@H](NC(=O)[C@H](CC(C)C)NC(=O)[C@@H](CCCCNC(=O)OC(C)(C)C)NC(=O)[C@H](Cc1ccccc1)NC(=O)[C@@H](Cc1c[nH]c2ccccc12)NC(=O)[C@@H]1CCCN1C(=O)OC(C)(C)C)C(N)=O. The largest absolute Gasteiger partial charge is 0.444 e. The van der Waals surface area contributed by atoms with E-state index in [2.05, 4.69) is 36.9 Å². The van der Waals surface area contributed by atoms with Gasteiger partial charge < -0.3 is 52.1 Å². The summed E-state index contributed by atoms with van der Waals surface area (Å²) >= 11 is 1.48. The molecule has 9 N–H and O–H groups in total. The number of rotatable bonds is 25. The number of fused-ring (bicyclic) bond motifs is 1. The van der Waals surface area contributed by atoms with Crippen LogP contribution >= 0.6 is 11.8 Å². The highest BCUT2D eigenvalue weighted by Gasteiger charge is 2.39. The minimum Gasteiger partial charge on any atom is -0.444 e. The summed E-state index contributed by atoms with van der Waals surface area (Å²) in [6.07, 6.45) is 4.48. The van der Waals surface area contributed by atoms with Crippen LogP contribution in [0.4, 0.5) is 9.59 Å². The van der Waals surface area contributed by atoms with E-state index < -0.39 is 95.1 Å². The number of alkyl carbamates (subject to hydrolysis) is 1. The molecule has 8 amide bonds. The second-order valence-corrected chi connectivity index (χ2v) is 21.6. The zero-order chi connectivity index (χ0) is 53.2. The van der Waals surface area contributed by atoms with Gasteiger partial charge in [-0.15, -0.1) is 0 Å². The van der Waals surface area contributed by atoms with Crippen LogP contribution in [0.25, 0.3) is 10.9 Å². The van der Waals surface area contributed by atoms with E-state index >= 15 is 0 Å². The van der Waals surface area contributed by atoms with Crippen molar-refractivity contribution in [1.82, 2.24) is 41.8 Å². The molecule has 6 atom stereocenters. The van der Waals surface area contributed by atoms with Crippen LogP contribution in [0.1, 0.15) is 111 Å². The van der Waals surface area contributed by atoms with Crippen molar-refractivity contribution in [3.05, 3.63) is 71.9 Å². The van der Waals surface area contributed by atoms with Crippen LogP contribution in [0.5, 0.6) is 0 Å². The van der Waals surface area contributed by atoms with E-state index in [1.165, 1.54) is 16.7 Å². The Morgan fingerprint density at radius 3 is 1.94 bits per heavy atom. The molecule has 0 saturated carbocycles. The van der Waals surface area contributed by atoms with Crippen LogP contribution in [0.2, 0.25) is 0 Å². The van der Waals surface area contributed by atoms with Gasteiger partial charge in [0.25, 0.3) is 0 Å². The van der Waals surface area contributed by atoms with Crippen LogP contribution < -0.4 is 37.6 Å². The lowest BCUT2D eigenvalue weighted by molar-refractivity contribution is -0.135. The van der Waals surface area contributed by atoms with Gasteiger partial charge in [-0.2, -0.15) is 11.8 Å². The number of nitrogens with two attached hydrogens (primary N) is 1. The Bertz CT molecular complexity index is 2310. The Kier molecular flexibility index (Phi) is 22.3. The van der Waals surface area contributed by atoms with Gasteiger partial charge in [0.15, 0.2) is 0 Å². The molecule has 0 unspecified atom stereocenters. The van der Waals surface area contributed by atoms with E-state index in [9.17, 15) is 38.4 Å². The number of unbranched alkanes of at least 4 members (excludes halogenated alkanes) is 1. The quantitative estimate of drug-likeness (QED) is 0.0537. The first-order valence-electron chi connectivity index (χ1n) is 24.8. The number of likely N-dealkylation sites (tertiary alicyclic amines) is 1. The number of carbonyl (C=O) groups is 8. The maximum Gasteiger partial charge on any atom is 0.410 e. The zero-order valence-electron chi connectivity index (χ0n) is 43.3. The fourth-order valence-corrected chi connectivity index (χ4v) is 8.67. The van der Waals surface area contributed by atoms with Gasteiger partial charge in [0, 0.05) is 43.0 Å². The first-order valence-corrected chi connectivity index (χ1v) is 26.2. The zero-order valence-corrected chi connectivity index (χ0v) is 44.1. The third-order valence-corrected chi connectivity index (χ3v) is 12.3. The number of aromatic nitrogens is 1. The molecule has 1 fully saturated rings. The van der Waals surface area contributed by atoms with Crippen molar-refractivity contribution in [2.75, 3.05) is 25.1 Å². The Morgan fingerprint density at radius 1 is 0.722 bits per heavy atom. The number of amides is 8. The maximum absolute atomic E-state index is 14.8. The van der Waals surface area contributed by atoms with Crippen LogP contribution in [0.3, 0.4) is 0 Å². The van der Waals surface area contributed by atoms with E-state index in [0.29, 0.717) is 37.0 Å². The number of aromatic amines is 1. The lowest BCUT2D eigenvalue weighted by Gasteiger charge is -2.30. The Morgan fingerprint density at radius 2 is 1.31 bits per heavy atom. The number of nitrogens with zero attached hydrogens (tertiary/aromatic N) is 1. The van der Waals surface area contributed by atoms with E-state index in [0.717, 1.165) is 16.5 Å². The molecule has 396 valence electrons. The summed E-state index contributed by atoms with van der Waals surface area (Å²) in [5.74, 6) is -3.53. The molecule has 0 radical (unpaired) electrons. The topological polar surface area (TPSA) is 272 Å². The number of primary amides is 1. The minimum absolute atomic E-state index is 0.00990. The van der Waals surface area contributed by atoms with Gasteiger partial charge in [0.1, 0.15) is 47.5 Å². The number of ether oxygens (including phenoxy) is 2. The fourth-order valence-electron chi connectivity index (χ4n) is 8.20. The second-order valence-electron chi connectivity index (χ2n) is 20.6. The molecule has 20 heteroatoms. The van der Waals surface area contributed by atoms with E-state index in [1.807, 2.05) is 50.4 Å². The molecule has 1 saturated heterocycles. The molecule has 2 aromatic carbocycles. The molecule has 0 spiro atoms. The van der Waals surface area contributed by atoms with Crippen molar-refractivity contribution in [3.8, 4) is 0 Å². The number of hydrogen-bond donors (Lipinski definition) is 8. The number of H-pyrrole nitrogens is 1. The van der Waals surface area contributed by atoms with Gasteiger partial charge in [-0.3, -0.25) is 33.7 Å². The van der Waals surface area contributed by atoms with Crippen molar-refractivity contribution in [1.29, 1.82) is 0 Å². The molecule has 2 heterocycles. The summed E-state index contributed by atoms with van der Waals surface area (Å²) in [7, 11) is 0. The number of hydrogen-bond acceptors (Lipinski definition) is 11. The number of nitrogens with one attached hydrogen (secondary N) is 7. The number of carbonyl (C=O) groups excluding carboxylic acids is 8. The average molecular weight is 1020 g/mol. The number of thioether (sulfide) groups is 1. The number of para-hydroxylation sites is 1. The summed E-state index contributed by atoms with van der Waals surface area (Å²) < 4.78 is 11.0. The predicted molar refractivity (Wildman–Crippen MR) is 278 cm³/mol. The summed E-state index contributed by atoms with van der Waals surface area (Å²) in [6, 6.07) is 9.68. The standard InChI is InChI=1S/C52H77N9O10S/c1-32(2)28-39(45(64)56-37(43(53)62)24-27-72-9)58-44(63)38(22-15-16-25-54-49(68)70-51(3,4)5)57-46(65)40(29-33-18-11-10-12-19-33)59-47(66)41(30-34-31-55-36-21-14-13-20-35(34)36)60-48(67)42-23-17-26-61(42)50(69)71-52(6,7)8/h10-14,18-21,31-32,37-42,55H,15-17,22-30H2,1-9H3,(H2,53,62)(H,54,68)(H,56,64)(H,57,65)(H,58,63)(H,59,66)(H,60,67)/t37-,38+,39-,40-,41+,42-/m0/s1. The molecule has 3 aromatic rings. The highest BCUT2D eigenvalue weighted by atomic mass is 32.2. The van der Waals surface area contributed by atoms with Gasteiger partial charge in [-0.05, 0) is 122 Å². The van der Waals surface area contributed by atoms with E-state index in [4.69, 9.17) is 15.2 Å². The van der Waals surface area contributed by atoms with Crippen molar-refractivity contribution in [3.63, 3.8) is 0 Å². The molecule has 1 aliphatic heterocycles. The van der Waals surface area contributed by atoms with Gasteiger partial charge in [-0.25, -0.2) is 9.59 Å². The third-order valence-electron chi connectivity index (χ3n) is 11.7. The lowest BCUT2D eigenvalue weighted by atomic mass is 10.00. The van der Waals surface area contributed by atoms with Crippen molar-refractivity contribution in [2.45, 2.75) is 161 Å². The summed E-state index contributed by atoms with van der Waals surface area (Å²) in [4.78, 5) is 114. The molecule has 4 rings (SSSR count). The molecule has 19 nitrogen and oxygen atoms in total. The van der Waals surface area contributed by atoms with Crippen molar-refractivity contribution in [2.24, 2.45) is 11.7 Å². The highest BCUT2D eigenvalue weighted by molar-refractivity contribution is 7.98. The smallest absolute Gasteiger partial charge is 0.410 e. The summed E-state index contributed by atoms with van der Waals surface area (Å²) in [5, 5.41) is 17.7. The monoisotopic (exact) mass is 1020 g/mol. The fraction of sp³-hybridized carbons (Fsp3) is 0.577. The van der Waals surface area contributed by atoms with Crippen LogP contribution in [-0.4, -0.2) is 130 Å². The molecule has 72 heavy (non-hydrogen) atoms. The molecule has 1 aliphatic rings. The van der Waals surface area contributed by atoms with Crippen LogP contribution in [0, 0.1) is 5.92 Å². The van der Waals surface area contributed by atoms with Gasteiger partial charge >= 0.3 is 12.2 Å². The lowest BCUT2D eigenvalue weighted by Crippen LogP contribution is -2.60. The van der Waals surface area contributed by atoms with Gasteiger partial charge in [-0.1, -0.05) is 62.4 Å². The number of benzene rings is 2. The first kappa shape index (κ1) is 58.3. The molecule has 0 aliphatic carbocycles. The Balaban J connectivity index is 1.66. The maximum atomic E-state index is 14.8. The van der Waals surface area contributed by atoms with Crippen molar-refractivity contribution < 1.29 is 47.8 Å². The Hall–Kier alpha value is -6.31. The average Bonchev–Trinajstić information content (AvgIpc) is 3.96. The highest BCUT2D eigenvalue weighted by Crippen LogP contribution is 2.23. The summed E-state index contributed by atoms with van der Waals surface area (Å²) in [5.41, 5.74) is 6.33. The van der Waals surface area contributed by atoms with E-state index in [-0.39, 0.29) is 51.1 Å². The molecule has 1 aromatic heterocycles. The predicted octanol–water partition coefficient (Wildman–Crippen LogP) is 4.76. The van der Waals surface area contributed by atoms with E-state index in [1.54, 1.807) is 72.0 Å². The molecular formula is C52H77N9O10S. The third kappa shape index (κ3) is 19.4.